The van der Waals surface area contributed by atoms with Crippen molar-refractivity contribution in [3.05, 3.63) is 58.6 Å². The summed E-state index contributed by atoms with van der Waals surface area (Å²) in [5.41, 5.74) is 0.872. The molecule has 2 rings (SSSR count). The van der Waals surface area contributed by atoms with Crippen molar-refractivity contribution < 1.29 is 22.0 Å². The average Bonchev–Trinajstić information content (AvgIpc) is 2.53. The Balaban J connectivity index is 2.37. The quantitative estimate of drug-likeness (QED) is 0.828. The van der Waals surface area contributed by atoms with Crippen LogP contribution in [0.1, 0.15) is 12.5 Å². The molecule has 2 aromatic carbocycles. The van der Waals surface area contributed by atoms with Gasteiger partial charge in [-0.3, -0.25) is 9.10 Å². The Bertz CT molecular complexity index is 951. The minimum Gasteiger partial charge on any atom is -0.324 e. The molecule has 0 saturated heterocycles. The molecule has 0 heterocycles. The monoisotopic (exact) mass is 402 g/mol. The number of nitrogens with one attached hydrogen (secondary N) is 1. The minimum absolute atomic E-state index is 0.0111. The van der Waals surface area contributed by atoms with Crippen molar-refractivity contribution in [1.82, 2.24) is 0 Å². The molecule has 0 spiro atoms. The van der Waals surface area contributed by atoms with Crippen molar-refractivity contribution in [1.29, 1.82) is 0 Å². The molecule has 1 amide bonds. The van der Waals surface area contributed by atoms with Crippen LogP contribution >= 0.6 is 11.6 Å². The van der Waals surface area contributed by atoms with Crippen LogP contribution in [-0.4, -0.2) is 26.6 Å². The van der Waals surface area contributed by atoms with Crippen molar-refractivity contribution in [3.8, 4) is 0 Å². The molecule has 0 bridgehead atoms. The maximum absolute atomic E-state index is 13.3. The molecule has 0 unspecified atom stereocenters. The van der Waals surface area contributed by atoms with Crippen LogP contribution in [0.15, 0.2) is 36.4 Å². The van der Waals surface area contributed by atoms with E-state index in [4.69, 9.17) is 11.6 Å². The first kappa shape index (κ1) is 20.1. The highest BCUT2D eigenvalue weighted by molar-refractivity contribution is 7.92. The second-order valence-electron chi connectivity index (χ2n) is 5.78. The molecule has 0 fully saturated rings. The third kappa shape index (κ3) is 4.50. The van der Waals surface area contributed by atoms with Crippen molar-refractivity contribution in [2.45, 2.75) is 19.9 Å². The highest BCUT2D eigenvalue weighted by Gasteiger charge is 2.30. The lowest BCUT2D eigenvalue weighted by Gasteiger charge is -2.29. The molecule has 9 heteroatoms. The lowest BCUT2D eigenvalue weighted by atomic mass is 10.1. The SMILES string of the molecule is Cc1ccc(Cl)cc1N([C@H](C)C(=O)Nc1ccc(F)c(F)c1)S(C)(=O)=O. The first-order chi connectivity index (χ1) is 12.0. The molecule has 5 nitrogen and oxygen atoms in total. The standard InChI is InChI=1S/C17H17ClF2N2O3S/c1-10-4-5-12(18)8-16(10)22(26(3,24)25)11(2)17(23)21-13-6-7-14(19)15(20)9-13/h4-9,11H,1-3H3,(H,21,23)/t11-/m1/s1. The number of hydrogen-bond acceptors (Lipinski definition) is 3. The van der Waals surface area contributed by atoms with Crippen molar-refractivity contribution in [3.63, 3.8) is 0 Å². The van der Waals surface area contributed by atoms with Gasteiger partial charge in [0, 0.05) is 16.8 Å². The summed E-state index contributed by atoms with van der Waals surface area (Å²) in [7, 11) is -3.83. The van der Waals surface area contributed by atoms with Gasteiger partial charge >= 0.3 is 0 Å². The minimum atomic E-state index is -3.83. The van der Waals surface area contributed by atoms with Gasteiger partial charge < -0.3 is 5.32 Å². The third-order valence-corrected chi connectivity index (χ3v) is 5.15. The van der Waals surface area contributed by atoms with E-state index in [-0.39, 0.29) is 11.4 Å². The number of benzene rings is 2. The van der Waals surface area contributed by atoms with Crippen LogP contribution in [-0.2, 0) is 14.8 Å². The zero-order chi connectivity index (χ0) is 19.6. The van der Waals surface area contributed by atoms with E-state index >= 15 is 0 Å². The number of amides is 1. The Morgan fingerprint density at radius 3 is 2.38 bits per heavy atom. The number of rotatable bonds is 5. The highest BCUT2D eigenvalue weighted by atomic mass is 35.5. The smallest absolute Gasteiger partial charge is 0.247 e. The summed E-state index contributed by atoms with van der Waals surface area (Å²) in [5.74, 6) is -2.88. The van der Waals surface area contributed by atoms with Gasteiger partial charge in [-0.25, -0.2) is 17.2 Å². The topological polar surface area (TPSA) is 66.5 Å². The number of halogens is 3. The number of carbonyl (C=O) groups excluding carboxylic acids is 1. The van der Waals surface area contributed by atoms with Crippen LogP contribution in [0.5, 0.6) is 0 Å². The van der Waals surface area contributed by atoms with E-state index in [1.54, 1.807) is 19.1 Å². The number of sulfonamides is 1. The van der Waals surface area contributed by atoms with E-state index in [0.717, 1.165) is 22.7 Å². The van der Waals surface area contributed by atoms with Crippen LogP contribution < -0.4 is 9.62 Å². The zero-order valence-corrected chi connectivity index (χ0v) is 15.8. The van der Waals surface area contributed by atoms with E-state index in [1.165, 1.54) is 19.1 Å². The molecule has 1 atom stereocenters. The van der Waals surface area contributed by atoms with Gasteiger partial charge in [-0.2, -0.15) is 0 Å². The molecule has 26 heavy (non-hydrogen) atoms. The summed E-state index contributed by atoms with van der Waals surface area (Å²) in [5, 5.41) is 2.69. The van der Waals surface area contributed by atoms with E-state index in [0.29, 0.717) is 10.6 Å². The molecule has 140 valence electrons. The van der Waals surface area contributed by atoms with Gasteiger partial charge in [-0.15, -0.1) is 0 Å². The molecular weight excluding hydrogens is 386 g/mol. The van der Waals surface area contributed by atoms with E-state index in [1.807, 2.05) is 0 Å². The van der Waals surface area contributed by atoms with Crippen LogP contribution in [0.2, 0.25) is 5.02 Å². The maximum Gasteiger partial charge on any atom is 0.247 e. The summed E-state index contributed by atoms with van der Waals surface area (Å²) in [6.07, 6.45) is 0.967. The summed E-state index contributed by atoms with van der Waals surface area (Å²) in [4.78, 5) is 12.5. The van der Waals surface area contributed by atoms with Crippen LogP contribution in [0.3, 0.4) is 0 Å². The van der Waals surface area contributed by atoms with Crippen molar-refractivity contribution >= 4 is 38.9 Å². The lowest BCUT2D eigenvalue weighted by molar-refractivity contribution is -0.116. The number of carbonyl (C=O) groups is 1. The second kappa shape index (κ2) is 7.59. The molecule has 0 aliphatic carbocycles. The second-order valence-corrected chi connectivity index (χ2v) is 8.08. The predicted molar refractivity (Wildman–Crippen MR) is 98.0 cm³/mol. The number of nitrogens with zero attached hydrogens (tertiary/aromatic N) is 1. The fraction of sp³-hybridized carbons (Fsp3) is 0.235. The number of anilines is 2. The summed E-state index contributed by atoms with van der Waals surface area (Å²) >= 11 is 5.96. The van der Waals surface area contributed by atoms with Crippen LogP contribution in [0.4, 0.5) is 20.2 Å². The van der Waals surface area contributed by atoms with Gasteiger partial charge in [0.25, 0.3) is 0 Å². The fourth-order valence-electron chi connectivity index (χ4n) is 2.42. The molecule has 2 aromatic rings. The van der Waals surface area contributed by atoms with Gasteiger partial charge in [0.05, 0.1) is 11.9 Å². The van der Waals surface area contributed by atoms with Crippen molar-refractivity contribution in [2.75, 3.05) is 15.9 Å². The van der Waals surface area contributed by atoms with E-state index in [2.05, 4.69) is 5.32 Å². The Kier molecular flexibility index (Phi) is 5.87. The average molecular weight is 403 g/mol. The largest absolute Gasteiger partial charge is 0.324 e. The van der Waals surface area contributed by atoms with Gasteiger partial charge in [0.1, 0.15) is 6.04 Å². The zero-order valence-electron chi connectivity index (χ0n) is 14.3. The molecule has 0 aliphatic heterocycles. The third-order valence-electron chi connectivity index (χ3n) is 3.68. The number of hydrogen-bond donors (Lipinski definition) is 1. The molecule has 1 N–H and O–H groups in total. The Morgan fingerprint density at radius 2 is 1.81 bits per heavy atom. The summed E-state index contributed by atoms with van der Waals surface area (Å²) < 4.78 is 51.8. The molecular formula is C17H17ClF2N2O3S. The number of aryl methyl sites for hydroxylation is 1. The molecule has 0 saturated carbocycles. The van der Waals surface area contributed by atoms with E-state index < -0.39 is 33.6 Å². The Labute approximate surface area is 155 Å². The first-order valence-corrected chi connectivity index (χ1v) is 9.75. The van der Waals surface area contributed by atoms with Crippen molar-refractivity contribution in [2.24, 2.45) is 0 Å². The lowest BCUT2D eigenvalue weighted by Crippen LogP contribution is -2.45. The fourth-order valence-corrected chi connectivity index (χ4v) is 3.81. The van der Waals surface area contributed by atoms with Gasteiger partial charge in [-0.05, 0) is 43.7 Å². The molecule has 0 aliphatic rings. The molecule has 0 aromatic heterocycles. The predicted octanol–water partition coefficient (Wildman–Crippen LogP) is 3.72. The van der Waals surface area contributed by atoms with Crippen LogP contribution in [0.25, 0.3) is 0 Å². The van der Waals surface area contributed by atoms with Crippen LogP contribution in [0, 0.1) is 18.6 Å². The van der Waals surface area contributed by atoms with Gasteiger partial charge in [-0.1, -0.05) is 17.7 Å². The van der Waals surface area contributed by atoms with Gasteiger partial charge in [0.2, 0.25) is 15.9 Å². The Morgan fingerprint density at radius 1 is 1.15 bits per heavy atom. The molecule has 0 radical (unpaired) electrons. The Hall–Kier alpha value is -2.19. The normalized spacial score (nSPS) is 12.5. The first-order valence-electron chi connectivity index (χ1n) is 7.52. The maximum atomic E-state index is 13.3. The van der Waals surface area contributed by atoms with Gasteiger partial charge in [0.15, 0.2) is 11.6 Å². The highest BCUT2D eigenvalue weighted by Crippen LogP contribution is 2.28. The van der Waals surface area contributed by atoms with E-state index in [9.17, 15) is 22.0 Å². The summed E-state index contributed by atoms with van der Waals surface area (Å²) in [6.45, 7) is 3.07. The summed E-state index contributed by atoms with van der Waals surface area (Å²) in [6, 6.07) is 6.39.